The van der Waals surface area contributed by atoms with Gasteiger partial charge in [-0.15, -0.1) is 0 Å². The van der Waals surface area contributed by atoms with Gasteiger partial charge in [-0.1, -0.05) is 12.7 Å². The molecule has 0 spiro atoms. The van der Waals surface area contributed by atoms with Crippen molar-refractivity contribution in [1.29, 1.82) is 5.26 Å². The van der Waals surface area contributed by atoms with Gasteiger partial charge in [0.25, 0.3) is 0 Å². The number of aromatic nitrogens is 2. The Balaban J connectivity index is 2.40. The molecule has 0 aromatic carbocycles. The Labute approximate surface area is 123 Å². The predicted molar refractivity (Wildman–Crippen MR) is 77.6 cm³/mol. The molecule has 0 unspecified atom stereocenters. The first kappa shape index (κ1) is 14.0. The average molecular weight is 332 g/mol. The first-order valence-corrected chi connectivity index (χ1v) is 6.47. The second-order valence-electron chi connectivity index (χ2n) is 3.82. The van der Waals surface area contributed by atoms with Gasteiger partial charge < -0.3 is 4.74 Å². The van der Waals surface area contributed by atoms with Gasteiger partial charge in [0.2, 0.25) is 0 Å². The van der Waals surface area contributed by atoms with Crippen LogP contribution in [0.5, 0.6) is 0 Å². The molecule has 0 aliphatic carbocycles. The van der Waals surface area contributed by atoms with Crippen LogP contribution in [0.4, 0.5) is 0 Å². The number of esters is 1. The maximum atomic E-state index is 11.7. The third-order valence-corrected chi connectivity index (χ3v) is 2.93. The number of carbonyl (C=O) groups is 1. The molecule has 0 saturated carbocycles. The minimum Gasteiger partial charge on any atom is -0.457 e. The number of pyridine rings is 1. The number of ether oxygens (including phenoxy) is 1. The maximum Gasteiger partial charge on any atom is 0.349 e. The first-order chi connectivity index (χ1) is 9.65. The zero-order chi connectivity index (χ0) is 14.5. The smallest absolute Gasteiger partial charge is 0.349 e. The van der Waals surface area contributed by atoms with E-state index in [4.69, 9.17) is 10.00 Å². The molecule has 0 aliphatic heterocycles. The minimum absolute atomic E-state index is 0.0660. The highest BCUT2D eigenvalue weighted by Crippen LogP contribution is 2.16. The van der Waals surface area contributed by atoms with Crippen molar-refractivity contribution in [1.82, 2.24) is 9.38 Å². The summed E-state index contributed by atoms with van der Waals surface area (Å²) >= 11 is 3.36. The molecule has 0 N–H and O–H groups in total. The second-order valence-corrected chi connectivity index (χ2v) is 4.73. The molecule has 0 radical (unpaired) electrons. The summed E-state index contributed by atoms with van der Waals surface area (Å²) in [4.78, 5) is 15.9. The standard InChI is InChI=1S/C14H10BrN3O2/c1-2-5-20-14(19)10(7-16)6-12-8-17-13-4-3-11(15)9-18(12)13/h2-4,6,8-9H,1,5H2/b10-6-. The van der Waals surface area contributed by atoms with Crippen LogP contribution in [0.25, 0.3) is 11.7 Å². The van der Waals surface area contributed by atoms with Crippen molar-refractivity contribution in [3.8, 4) is 6.07 Å². The third kappa shape index (κ3) is 2.95. The molecule has 2 heterocycles. The number of carbonyl (C=O) groups excluding carboxylic acids is 1. The van der Waals surface area contributed by atoms with Crippen molar-refractivity contribution >= 4 is 33.6 Å². The summed E-state index contributed by atoms with van der Waals surface area (Å²) in [6.45, 7) is 3.51. The highest BCUT2D eigenvalue weighted by Gasteiger charge is 2.11. The lowest BCUT2D eigenvalue weighted by atomic mass is 10.2. The topological polar surface area (TPSA) is 67.4 Å². The quantitative estimate of drug-likeness (QED) is 0.374. The Bertz CT molecular complexity index is 740. The van der Waals surface area contributed by atoms with Crippen LogP contribution < -0.4 is 0 Å². The summed E-state index contributed by atoms with van der Waals surface area (Å²) in [5.41, 5.74) is 1.25. The monoisotopic (exact) mass is 331 g/mol. The van der Waals surface area contributed by atoms with Crippen LogP contribution in [-0.4, -0.2) is 22.0 Å². The highest BCUT2D eigenvalue weighted by atomic mass is 79.9. The normalized spacial score (nSPS) is 11.1. The van der Waals surface area contributed by atoms with E-state index in [-0.39, 0.29) is 12.2 Å². The van der Waals surface area contributed by atoms with E-state index in [1.54, 1.807) is 16.8 Å². The van der Waals surface area contributed by atoms with Crippen molar-refractivity contribution in [2.75, 3.05) is 6.61 Å². The van der Waals surface area contributed by atoms with E-state index in [9.17, 15) is 4.79 Å². The highest BCUT2D eigenvalue weighted by molar-refractivity contribution is 9.10. The maximum absolute atomic E-state index is 11.7. The molecule has 2 rings (SSSR count). The van der Waals surface area contributed by atoms with Gasteiger partial charge in [0.05, 0.1) is 11.9 Å². The van der Waals surface area contributed by atoms with Gasteiger partial charge >= 0.3 is 5.97 Å². The van der Waals surface area contributed by atoms with E-state index in [1.807, 2.05) is 18.2 Å². The summed E-state index contributed by atoms with van der Waals surface area (Å²) in [5, 5.41) is 9.04. The molecule has 2 aromatic rings. The number of hydrogen-bond donors (Lipinski definition) is 0. The molecule has 2 aromatic heterocycles. The lowest BCUT2D eigenvalue weighted by Crippen LogP contribution is -2.06. The number of nitrogens with zero attached hydrogens (tertiary/aromatic N) is 3. The zero-order valence-electron chi connectivity index (χ0n) is 10.4. The van der Waals surface area contributed by atoms with Crippen LogP contribution in [-0.2, 0) is 9.53 Å². The first-order valence-electron chi connectivity index (χ1n) is 5.68. The van der Waals surface area contributed by atoms with Gasteiger partial charge in [-0.25, -0.2) is 9.78 Å². The summed E-state index contributed by atoms with van der Waals surface area (Å²) in [6.07, 6.45) is 6.27. The second kappa shape index (κ2) is 6.17. The Morgan fingerprint density at radius 3 is 3.10 bits per heavy atom. The van der Waals surface area contributed by atoms with Gasteiger partial charge in [0.15, 0.2) is 0 Å². The van der Waals surface area contributed by atoms with E-state index < -0.39 is 5.97 Å². The fraction of sp³-hybridized carbons (Fsp3) is 0.0714. The van der Waals surface area contributed by atoms with Gasteiger partial charge in [-0.05, 0) is 34.1 Å². The molecule has 6 heteroatoms. The molecule has 5 nitrogen and oxygen atoms in total. The molecule has 0 aliphatic rings. The zero-order valence-corrected chi connectivity index (χ0v) is 12.0. The van der Waals surface area contributed by atoms with Gasteiger partial charge in [0, 0.05) is 10.7 Å². The van der Waals surface area contributed by atoms with Crippen LogP contribution in [0.15, 0.2) is 47.2 Å². The molecule has 0 atom stereocenters. The summed E-state index contributed by atoms with van der Waals surface area (Å²) in [7, 11) is 0. The molecule has 0 amide bonds. The van der Waals surface area contributed by atoms with Gasteiger partial charge in [-0.3, -0.25) is 4.40 Å². The number of rotatable bonds is 4. The lowest BCUT2D eigenvalue weighted by molar-refractivity contribution is -0.137. The molecule has 0 fully saturated rings. The van der Waals surface area contributed by atoms with Crippen LogP contribution in [0.2, 0.25) is 0 Å². The predicted octanol–water partition coefficient (Wildman–Crippen LogP) is 2.73. The van der Waals surface area contributed by atoms with Crippen molar-refractivity contribution in [2.45, 2.75) is 0 Å². The van der Waals surface area contributed by atoms with Gasteiger partial charge in [-0.2, -0.15) is 5.26 Å². The fourth-order valence-electron chi connectivity index (χ4n) is 1.58. The third-order valence-electron chi connectivity index (χ3n) is 2.46. The number of halogens is 1. The largest absolute Gasteiger partial charge is 0.457 e. The molecular weight excluding hydrogens is 322 g/mol. The SMILES string of the molecule is C=CCOC(=O)/C(C#N)=C\c1cnc2ccc(Br)cn12. The van der Waals surface area contributed by atoms with Crippen LogP contribution >= 0.6 is 15.9 Å². The van der Waals surface area contributed by atoms with E-state index in [0.717, 1.165) is 10.1 Å². The van der Waals surface area contributed by atoms with Gasteiger partial charge in [0.1, 0.15) is 23.9 Å². The summed E-state index contributed by atoms with van der Waals surface area (Å²) < 4.78 is 7.47. The molecule has 0 bridgehead atoms. The van der Waals surface area contributed by atoms with Crippen molar-refractivity contribution in [3.05, 3.63) is 52.9 Å². The number of fused-ring (bicyclic) bond motifs is 1. The Kier molecular flexibility index (Phi) is 4.33. The molecule has 20 heavy (non-hydrogen) atoms. The van der Waals surface area contributed by atoms with Crippen molar-refractivity contribution in [3.63, 3.8) is 0 Å². The molecule has 100 valence electrons. The molecule has 0 saturated heterocycles. The van der Waals surface area contributed by atoms with Crippen LogP contribution in [0.1, 0.15) is 5.69 Å². The van der Waals surface area contributed by atoms with E-state index >= 15 is 0 Å². The number of hydrogen-bond acceptors (Lipinski definition) is 4. The van der Waals surface area contributed by atoms with E-state index in [0.29, 0.717) is 5.69 Å². The Morgan fingerprint density at radius 2 is 2.40 bits per heavy atom. The van der Waals surface area contributed by atoms with Crippen LogP contribution in [0.3, 0.4) is 0 Å². The molecular formula is C14H10BrN3O2. The van der Waals surface area contributed by atoms with Crippen molar-refractivity contribution < 1.29 is 9.53 Å². The van der Waals surface area contributed by atoms with Crippen molar-refractivity contribution in [2.24, 2.45) is 0 Å². The Morgan fingerprint density at radius 1 is 1.60 bits per heavy atom. The van der Waals surface area contributed by atoms with E-state index in [1.165, 1.54) is 12.2 Å². The Hall–Kier alpha value is -2.39. The number of imidazole rings is 1. The van der Waals surface area contributed by atoms with Crippen LogP contribution in [0, 0.1) is 11.3 Å². The fourth-order valence-corrected chi connectivity index (χ4v) is 1.91. The lowest BCUT2D eigenvalue weighted by Gasteiger charge is -2.01. The number of nitriles is 1. The summed E-state index contributed by atoms with van der Waals surface area (Å²) in [5.74, 6) is -0.683. The average Bonchev–Trinajstić information content (AvgIpc) is 2.84. The van der Waals surface area contributed by atoms with E-state index in [2.05, 4.69) is 27.5 Å². The summed E-state index contributed by atoms with van der Waals surface area (Å²) in [6, 6.07) is 5.51. The minimum atomic E-state index is -0.683.